The molecule has 2 atom stereocenters. The van der Waals surface area contributed by atoms with Crippen molar-refractivity contribution < 1.29 is 4.79 Å². The Morgan fingerprint density at radius 2 is 2.00 bits per heavy atom. The molecule has 0 aromatic heterocycles. The fourth-order valence-electron chi connectivity index (χ4n) is 3.33. The maximum atomic E-state index is 12.4. The van der Waals surface area contributed by atoms with Gasteiger partial charge in [0, 0.05) is 29.4 Å². The van der Waals surface area contributed by atoms with E-state index in [0.29, 0.717) is 22.7 Å². The van der Waals surface area contributed by atoms with Gasteiger partial charge >= 0.3 is 0 Å². The van der Waals surface area contributed by atoms with Gasteiger partial charge in [-0.1, -0.05) is 43.1 Å². The van der Waals surface area contributed by atoms with E-state index in [1.165, 1.54) is 25.7 Å². The zero-order chi connectivity index (χ0) is 17.1. The highest BCUT2D eigenvalue weighted by Crippen LogP contribution is 2.34. The highest BCUT2D eigenvalue weighted by molar-refractivity contribution is 8.14. The minimum Gasteiger partial charge on any atom is -0.350 e. The summed E-state index contributed by atoms with van der Waals surface area (Å²) in [6.45, 7) is 2.18. The smallest absolute Gasteiger partial charge is 0.226 e. The molecule has 2 aliphatic rings. The largest absolute Gasteiger partial charge is 0.350 e. The molecule has 1 saturated carbocycles. The number of benzene rings is 1. The zero-order valence-corrected chi connectivity index (χ0v) is 15.7. The lowest BCUT2D eigenvalue weighted by atomic mass is 10.1. The number of nitrogens with zero attached hydrogens (tertiary/aromatic N) is 2. The Bertz CT molecular complexity index is 613. The van der Waals surface area contributed by atoms with Crippen molar-refractivity contribution >= 4 is 40.1 Å². The molecular formula is C18H24ClN3OS. The lowest BCUT2D eigenvalue weighted by molar-refractivity contribution is -0.117. The van der Waals surface area contributed by atoms with E-state index in [1.54, 1.807) is 23.9 Å². The van der Waals surface area contributed by atoms with Crippen molar-refractivity contribution in [3.05, 3.63) is 29.3 Å². The van der Waals surface area contributed by atoms with Crippen LogP contribution >= 0.6 is 23.4 Å². The summed E-state index contributed by atoms with van der Waals surface area (Å²) in [6.07, 6.45) is 5.45. The van der Waals surface area contributed by atoms with Crippen LogP contribution in [-0.2, 0) is 4.79 Å². The number of amidine groups is 1. The summed E-state index contributed by atoms with van der Waals surface area (Å²) in [5.74, 6) is 0.0312. The number of carbonyl (C=O) groups excluding carboxylic acids is 1. The summed E-state index contributed by atoms with van der Waals surface area (Å²) in [4.78, 5) is 19.5. The van der Waals surface area contributed by atoms with Gasteiger partial charge in [0.05, 0.1) is 12.1 Å². The monoisotopic (exact) mass is 365 g/mol. The topological polar surface area (TPSA) is 44.7 Å². The van der Waals surface area contributed by atoms with Crippen molar-refractivity contribution in [1.29, 1.82) is 0 Å². The summed E-state index contributed by atoms with van der Waals surface area (Å²) < 4.78 is 0. The number of halogens is 1. The van der Waals surface area contributed by atoms with Gasteiger partial charge in [-0.25, -0.2) is 0 Å². The van der Waals surface area contributed by atoms with Gasteiger partial charge in [-0.2, -0.15) is 0 Å². The Balaban J connectivity index is 1.59. The van der Waals surface area contributed by atoms with Crippen LogP contribution in [0.25, 0.3) is 0 Å². The summed E-state index contributed by atoms with van der Waals surface area (Å²) in [5, 5.41) is 5.08. The Morgan fingerprint density at radius 1 is 1.33 bits per heavy atom. The van der Waals surface area contributed by atoms with Gasteiger partial charge < -0.3 is 10.2 Å². The predicted molar refractivity (Wildman–Crippen MR) is 103 cm³/mol. The van der Waals surface area contributed by atoms with E-state index in [2.05, 4.69) is 24.2 Å². The second-order valence-electron chi connectivity index (χ2n) is 6.61. The molecule has 0 radical (unpaired) electrons. The van der Waals surface area contributed by atoms with E-state index >= 15 is 0 Å². The van der Waals surface area contributed by atoms with Crippen LogP contribution in [0.1, 0.15) is 39.0 Å². The van der Waals surface area contributed by atoms with Crippen molar-refractivity contribution in [2.75, 3.05) is 12.4 Å². The van der Waals surface area contributed by atoms with Crippen molar-refractivity contribution in [3.8, 4) is 0 Å². The number of carbonyl (C=O) groups is 1. The van der Waals surface area contributed by atoms with Crippen molar-refractivity contribution in [2.45, 2.75) is 56.4 Å². The van der Waals surface area contributed by atoms with Gasteiger partial charge in [0.1, 0.15) is 0 Å². The van der Waals surface area contributed by atoms with E-state index in [0.717, 1.165) is 10.9 Å². The Labute approximate surface area is 153 Å². The fraction of sp³-hybridized carbons (Fsp3) is 0.556. The Kier molecular flexibility index (Phi) is 5.72. The van der Waals surface area contributed by atoms with E-state index in [9.17, 15) is 4.79 Å². The zero-order valence-electron chi connectivity index (χ0n) is 14.2. The second-order valence-corrected chi connectivity index (χ2v) is 8.39. The minimum atomic E-state index is 0.0312. The van der Waals surface area contributed by atoms with Gasteiger partial charge in [0.2, 0.25) is 5.91 Å². The second kappa shape index (κ2) is 7.79. The summed E-state index contributed by atoms with van der Waals surface area (Å²) in [5.41, 5.74) is 0.783. The SMILES string of the molecule is CC1SC(=NC2CCCC2)N(C)C1CC(=O)Nc1ccc(Cl)cc1. The molecule has 2 unspecified atom stereocenters. The maximum Gasteiger partial charge on any atom is 0.226 e. The van der Waals surface area contributed by atoms with Crippen LogP contribution in [0.2, 0.25) is 5.02 Å². The number of nitrogens with one attached hydrogen (secondary N) is 1. The van der Waals surface area contributed by atoms with Gasteiger partial charge in [-0.3, -0.25) is 9.79 Å². The molecule has 1 saturated heterocycles. The Morgan fingerprint density at radius 3 is 2.67 bits per heavy atom. The summed E-state index contributed by atoms with van der Waals surface area (Å²) in [6, 6.07) is 7.87. The number of amides is 1. The minimum absolute atomic E-state index is 0.0312. The molecular weight excluding hydrogens is 342 g/mol. The molecule has 2 fully saturated rings. The molecule has 4 nitrogen and oxygen atoms in total. The third-order valence-corrected chi connectivity index (χ3v) is 6.31. The first kappa shape index (κ1) is 17.6. The average Bonchev–Trinajstić information content (AvgIpc) is 3.14. The van der Waals surface area contributed by atoms with Crippen LogP contribution in [-0.4, -0.2) is 40.4 Å². The van der Waals surface area contributed by atoms with Crippen LogP contribution in [0.3, 0.4) is 0 Å². The fourth-order valence-corrected chi connectivity index (χ4v) is 4.74. The summed E-state index contributed by atoms with van der Waals surface area (Å²) >= 11 is 7.67. The van der Waals surface area contributed by atoms with Crippen LogP contribution in [0, 0.1) is 0 Å². The van der Waals surface area contributed by atoms with E-state index < -0.39 is 0 Å². The van der Waals surface area contributed by atoms with Crippen molar-refractivity contribution in [2.24, 2.45) is 4.99 Å². The average molecular weight is 366 g/mol. The van der Waals surface area contributed by atoms with Gasteiger partial charge in [-0.15, -0.1) is 0 Å². The van der Waals surface area contributed by atoms with Crippen LogP contribution in [0.5, 0.6) is 0 Å². The molecule has 1 N–H and O–H groups in total. The highest BCUT2D eigenvalue weighted by atomic mass is 35.5. The first-order valence-corrected chi connectivity index (χ1v) is 9.81. The number of rotatable bonds is 4. The highest BCUT2D eigenvalue weighted by Gasteiger charge is 2.36. The molecule has 1 heterocycles. The van der Waals surface area contributed by atoms with E-state index in [1.807, 2.05) is 12.1 Å². The standard InChI is InChI=1S/C18H24ClN3OS/c1-12-16(11-17(23)20-15-9-7-13(19)8-10-15)22(2)18(24-12)21-14-5-3-4-6-14/h7-10,12,14,16H,3-6,11H2,1-2H3,(H,20,23). The predicted octanol–water partition coefficient (Wildman–Crippen LogP) is 4.40. The molecule has 1 aliphatic heterocycles. The lowest BCUT2D eigenvalue weighted by Gasteiger charge is -2.23. The molecule has 1 amide bonds. The molecule has 3 rings (SSSR count). The van der Waals surface area contributed by atoms with Gasteiger partial charge in [-0.05, 0) is 37.1 Å². The number of hydrogen-bond donors (Lipinski definition) is 1. The third-order valence-electron chi connectivity index (χ3n) is 4.77. The van der Waals surface area contributed by atoms with E-state index in [4.69, 9.17) is 16.6 Å². The first-order valence-electron chi connectivity index (χ1n) is 8.55. The molecule has 6 heteroatoms. The number of aliphatic imine (C=N–C) groups is 1. The Hall–Kier alpha value is -1.20. The molecule has 0 bridgehead atoms. The molecule has 1 aliphatic carbocycles. The van der Waals surface area contributed by atoms with Crippen molar-refractivity contribution in [1.82, 2.24) is 4.90 Å². The number of hydrogen-bond acceptors (Lipinski definition) is 3. The third kappa shape index (κ3) is 4.25. The van der Waals surface area contributed by atoms with Crippen molar-refractivity contribution in [3.63, 3.8) is 0 Å². The normalized spacial score (nSPS) is 26.3. The van der Waals surface area contributed by atoms with Crippen LogP contribution in [0.15, 0.2) is 29.3 Å². The van der Waals surface area contributed by atoms with Gasteiger partial charge in [0.15, 0.2) is 5.17 Å². The molecule has 0 spiro atoms. The first-order chi connectivity index (χ1) is 11.5. The van der Waals surface area contributed by atoms with Gasteiger partial charge in [0.25, 0.3) is 0 Å². The van der Waals surface area contributed by atoms with Crippen LogP contribution < -0.4 is 5.32 Å². The summed E-state index contributed by atoms with van der Waals surface area (Å²) in [7, 11) is 2.06. The maximum absolute atomic E-state index is 12.4. The lowest BCUT2D eigenvalue weighted by Crippen LogP contribution is -2.36. The number of anilines is 1. The molecule has 1 aromatic carbocycles. The molecule has 24 heavy (non-hydrogen) atoms. The van der Waals surface area contributed by atoms with E-state index in [-0.39, 0.29) is 11.9 Å². The quantitative estimate of drug-likeness (QED) is 0.859. The van der Waals surface area contributed by atoms with Crippen LogP contribution in [0.4, 0.5) is 5.69 Å². The molecule has 130 valence electrons. The number of thioether (sulfide) groups is 1. The molecule has 1 aromatic rings.